The summed E-state index contributed by atoms with van der Waals surface area (Å²) in [6, 6.07) is 9.73. The van der Waals surface area contributed by atoms with Gasteiger partial charge in [0.2, 0.25) is 5.82 Å². The molecule has 5 nitrogen and oxygen atoms in total. The van der Waals surface area contributed by atoms with Gasteiger partial charge in [-0.05, 0) is 10.7 Å². The van der Waals surface area contributed by atoms with Gasteiger partial charge in [0, 0.05) is 6.54 Å². The summed E-state index contributed by atoms with van der Waals surface area (Å²) in [6.45, 7) is 0.552. The Labute approximate surface area is 79.7 Å². The molecule has 0 saturated carbocycles. The molecule has 0 aliphatic heterocycles. The fourth-order valence-electron chi connectivity index (χ4n) is 1.09. The van der Waals surface area contributed by atoms with Crippen molar-refractivity contribution in [3.8, 4) is 0 Å². The molecule has 0 atom stereocenters. The van der Waals surface area contributed by atoms with Crippen LogP contribution in [-0.2, 0) is 6.54 Å². The van der Waals surface area contributed by atoms with Gasteiger partial charge >= 0.3 is 5.56 Å². The maximum atomic E-state index is 11.0. The molecule has 0 aliphatic carbocycles. The van der Waals surface area contributed by atoms with Gasteiger partial charge in [0.05, 0.1) is 0 Å². The molecule has 0 aliphatic rings. The minimum absolute atomic E-state index is 0.203. The Balaban J connectivity index is 2.02. The lowest BCUT2D eigenvalue weighted by atomic mass is 10.2. The number of benzene rings is 1. The Bertz CT molecular complexity index is 446. The lowest BCUT2D eigenvalue weighted by molar-refractivity contribution is 0.305. The Morgan fingerprint density at radius 2 is 2.14 bits per heavy atom. The molecule has 2 rings (SSSR count). The molecule has 72 valence electrons. The number of hydrogen-bond acceptors (Lipinski definition) is 4. The highest BCUT2D eigenvalue weighted by atomic mass is 16.6. The predicted molar refractivity (Wildman–Crippen MR) is 50.9 cm³/mol. The second-order valence-corrected chi connectivity index (χ2v) is 2.80. The number of hydrogen-bond donors (Lipinski definition) is 2. The summed E-state index contributed by atoms with van der Waals surface area (Å²) in [5.74, 6) is 0.203. The molecule has 5 heteroatoms. The molecule has 0 radical (unpaired) electrons. The predicted octanol–water partition coefficient (Wildman–Crippen LogP) is 0.975. The van der Waals surface area contributed by atoms with E-state index >= 15 is 0 Å². The molecule has 0 spiro atoms. The van der Waals surface area contributed by atoms with Crippen molar-refractivity contribution in [1.82, 2.24) is 10.3 Å². The van der Waals surface area contributed by atoms with E-state index in [9.17, 15) is 4.79 Å². The second-order valence-electron chi connectivity index (χ2n) is 2.80. The van der Waals surface area contributed by atoms with Crippen LogP contribution in [0, 0.1) is 0 Å². The second kappa shape index (κ2) is 3.78. The molecular formula is C9H9N3O2. The molecule has 0 amide bonds. The van der Waals surface area contributed by atoms with Crippen LogP contribution in [0.25, 0.3) is 0 Å². The lowest BCUT2D eigenvalue weighted by Crippen LogP contribution is -2.09. The van der Waals surface area contributed by atoms with E-state index in [0.29, 0.717) is 6.54 Å². The first-order valence-corrected chi connectivity index (χ1v) is 4.18. The van der Waals surface area contributed by atoms with Gasteiger partial charge in [-0.3, -0.25) is 9.42 Å². The van der Waals surface area contributed by atoms with Gasteiger partial charge in [-0.15, -0.1) is 0 Å². The molecule has 0 bridgehead atoms. The van der Waals surface area contributed by atoms with Gasteiger partial charge in [0.15, 0.2) is 0 Å². The number of nitrogens with zero attached hydrogens (tertiary/aromatic N) is 1. The van der Waals surface area contributed by atoms with Crippen molar-refractivity contribution in [2.24, 2.45) is 0 Å². The highest BCUT2D eigenvalue weighted by Gasteiger charge is 2.01. The van der Waals surface area contributed by atoms with Crippen LogP contribution in [0.3, 0.4) is 0 Å². The highest BCUT2D eigenvalue weighted by Crippen LogP contribution is 2.00. The topological polar surface area (TPSA) is 70.9 Å². The molecular weight excluding hydrogens is 182 g/mol. The Hall–Kier alpha value is -2.04. The van der Waals surface area contributed by atoms with Gasteiger partial charge < -0.3 is 5.32 Å². The van der Waals surface area contributed by atoms with Gasteiger partial charge in [-0.25, -0.2) is 0 Å². The molecule has 0 unspecified atom stereocenters. The molecule has 1 aromatic heterocycles. The average molecular weight is 191 g/mol. The summed E-state index contributed by atoms with van der Waals surface area (Å²) in [4.78, 5) is 11.0. The first-order valence-electron chi connectivity index (χ1n) is 4.18. The van der Waals surface area contributed by atoms with Crippen molar-refractivity contribution in [2.45, 2.75) is 6.54 Å². The smallest absolute Gasteiger partial charge is 0.324 e. The standard InChI is InChI=1S/C9H9N3O2/c13-9-8(11-14-12-9)10-6-7-4-2-1-3-5-7/h1-5H,6H2,(H,10,11)(H,12,13). The monoisotopic (exact) mass is 191 g/mol. The maximum Gasteiger partial charge on any atom is 0.324 e. The lowest BCUT2D eigenvalue weighted by Gasteiger charge is -1.99. The number of rotatable bonds is 3. The minimum Gasteiger partial charge on any atom is -0.358 e. The summed E-state index contributed by atoms with van der Waals surface area (Å²) in [5, 5.41) is 8.44. The largest absolute Gasteiger partial charge is 0.358 e. The van der Waals surface area contributed by atoms with Gasteiger partial charge in [0.1, 0.15) is 0 Å². The molecule has 2 N–H and O–H groups in total. The number of anilines is 1. The molecule has 0 saturated heterocycles. The van der Waals surface area contributed by atoms with Crippen LogP contribution in [-0.4, -0.2) is 10.3 Å². The van der Waals surface area contributed by atoms with E-state index in [1.807, 2.05) is 30.3 Å². The minimum atomic E-state index is -0.346. The summed E-state index contributed by atoms with van der Waals surface area (Å²) >= 11 is 0. The third-order valence-corrected chi connectivity index (χ3v) is 1.79. The molecule has 2 aromatic rings. The van der Waals surface area contributed by atoms with Crippen LogP contribution in [0.1, 0.15) is 5.56 Å². The summed E-state index contributed by atoms with van der Waals surface area (Å²) in [7, 11) is 0. The number of nitrogens with one attached hydrogen (secondary N) is 2. The van der Waals surface area contributed by atoms with E-state index < -0.39 is 0 Å². The SMILES string of the molecule is O=c1[nH]onc1NCc1ccccc1. The van der Waals surface area contributed by atoms with Crippen molar-refractivity contribution in [1.29, 1.82) is 0 Å². The molecule has 14 heavy (non-hydrogen) atoms. The van der Waals surface area contributed by atoms with E-state index in [1.165, 1.54) is 0 Å². The molecule has 0 fully saturated rings. The van der Waals surface area contributed by atoms with Crippen LogP contribution in [0.15, 0.2) is 39.8 Å². The fourth-order valence-corrected chi connectivity index (χ4v) is 1.09. The van der Waals surface area contributed by atoms with Crippen LogP contribution in [0.5, 0.6) is 0 Å². The fraction of sp³-hybridized carbons (Fsp3) is 0.111. The van der Waals surface area contributed by atoms with E-state index in [0.717, 1.165) is 5.56 Å². The van der Waals surface area contributed by atoms with E-state index in [1.54, 1.807) is 0 Å². The van der Waals surface area contributed by atoms with Crippen LogP contribution in [0.4, 0.5) is 5.82 Å². The van der Waals surface area contributed by atoms with Crippen molar-refractivity contribution in [2.75, 3.05) is 5.32 Å². The van der Waals surface area contributed by atoms with Crippen LogP contribution >= 0.6 is 0 Å². The zero-order valence-corrected chi connectivity index (χ0v) is 7.36. The average Bonchev–Trinajstić information content (AvgIpc) is 2.63. The van der Waals surface area contributed by atoms with E-state index in [-0.39, 0.29) is 11.4 Å². The summed E-state index contributed by atoms with van der Waals surface area (Å²) in [6.07, 6.45) is 0. The van der Waals surface area contributed by atoms with E-state index in [4.69, 9.17) is 0 Å². The molecule has 1 heterocycles. The highest BCUT2D eigenvalue weighted by molar-refractivity contribution is 5.30. The van der Waals surface area contributed by atoms with Crippen LogP contribution < -0.4 is 10.9 Å². The zero-order valence-electron chi connectivity index (χ0n) is 7.36. The number of aromatic nitrogens is 2. The summed E-state index contributed by atoms with van der Waals surface area (Å²) in [5.41, 5.74) is 0.732. The maximum absolute atomic E-state index is 11.0. The Morgan fingerprint density at radius 1 is 1.36 bits per heavy atom. The van der Waals surface area contributed by atoms with Gasteiger partial charge in [-0.1, -0.05) is 30.3 Å². The van der Waals surface area contributed by atoms with Gasteiger partial charge in [-0.2, -0.15) is 5.16 Å². The number of aromatic amines is 1. The molecule has 1 aromatic carbocycles. The zero-order chi connectivity index (χ0) is 9.80. The van der Waals surface area contributed by atoms with E-state index in [2.05, 4.69) is 20.3 Å². The quantitative estimate of drug-likeness (QED) is 0.758. The first kappa shape index (κ1) is 8.55. The van der Waals surface area contributed by atoms with Crippen LogP contribution in [0.2, 0.25) is 0 Å². The Kier molecular flexibility index (Phi) is 2.31. The van der Waals surface area contributed by atoms with Gasteiger partial charge in [0.25, 0.3) is 0 Å². The Morgan fingerprint density at radius 3 is 2.79 bits per heavy atom. The summed E-state index contributed by atoms with van der Waals surface area (Å²) < 4.78 is 4.38. The first-order chi connectivity index (χ1) is 6.86. The third kappa shape index (κ3) is 1.82. The van der Waals surface area contributed by atoms with Crippen molar-refractivity contribution >= 4 is 5.82 Å². The third-order valence-electron chi connectivity index (χ3n) is 1.79. The normalized spacial score (nSPS) is 10.0. The van der Waals surface area contributed by atoms with Crippen molar-refractivity contribution in [3.05, 3.63) is 46.2 Å². The number of H-pyrrole nitrogens is 1. The van der Waals surface area contributed by atoms with Crippen molar-refractivity contribution in [3.63, 3.8) is 0 Å². The van der Waals surface area contributed by atoms with Crippen molar-refractivity contribution < 1.29 is 4.63 Å².